The topological polar surface area (TPSA) is 16.4 Å². The smallest absolute Gasteiger partial charge is 0.134 e. The van der Waals surface area contributed by atoms with Crippen molar-refractivity contribution in [2.45, 2.75) is 32.2 Å². The quantitative estimate of drug-likeness (QED) is 0.720. The molecule has 1 fully saturated rings. The molecule has 0 radical (unpaired) electrons. The fourth-order valence-corrected chi connectivity index (χ4v) is 3.09. The molecule has 1 aliphatic carbocycles. The first-order valence-corrected chi connectivity index (χ1v) is 7.63. The molecule has 0 bridgehead atoms. The van der Waals surface area contributed by atoms with Crippen molar-refractivity contribution in [2.75, 3.05) is 13.6 Å². The summed E-state index contributed by atoms with van der Waals surface area (Å²) in [5, 5.41) is 1.24. The molecule has 2 aromatic rings. The maximum Gasteiger partial charge on any atom is 0.134 e. The van der Waals surface area contributed by atoms with Gasteiger partial charge in [0.1, 0.15) is 5.58 Å². The number of nitrogens with zero attached hydrogens (tertiary/aromatic N) is 1. The van der Waals surface area contributed by atoms with Gasteiger partial charge < -0.3 is 4.42 Å². The lowest BCUT2D eigenvalue weighted by Gasteiger charge is -2.13. The van der Waals surface area contributed by atoms with Crippen molar-refractivity contribution in [1.82, 2.24) is 4.90 Å². The van der Waals surface area contributed by atoms with Gasteiger partial charge in [0.15, 0.2) is 0 Å². The predicted octanol–water partition coefficient (Wildman–Crippen LogP) is 5.03. The van der Waals surface area contributed by atoms with E-state index in [0.29, 0.717) is 0 Å². The molecule has 0 N–H and O–H groups in total. The average Bonchev–Trinajstić information content (AvgIpc) is 3.09. The Balaban J connectivity index is 0.00000161. The Bertz CT molecular complexity index is 584. The van der Waals surface area contributed by atoms with Crippen molar-refractivity contribution in [3.05, 3.63) is 48.2 Å². The van der Waals surface area contributed by atoms with Crippen LogP contribution in [0, 0.1) is 5.92 Å². The molecule has 1 aromatic heterocycles. The molecule has 3 heteroatoms. The highest BCUT2D eigenvalue weighted by Crippen LogP contribution is 2.25. The second-order valence-corrected chi connectivity index (χ2v) is 5.93. The zero-order valence-electron chi connectivity index (χ0n) is 12.6. The number of likely N-dealkylation sites (N-methyl/N-ethyl adjacent to an activating group) is 1. The summed E-state index contributed by atoms with van der Waals surface area (Å²) in [6.45, 7) is 1.95. The number of furan rings is 1. The van der Waals surface area contributed by atoms with Crippen LogP contribution in [-0.2, 0) is 6.54 Å². The van der Waals surface area contributed by atoms with Crippen LogP contribution in [0.2, 0.25) is 0 Å². The number of hydrogen-bond donors (Lipinski definition) is 0. The summed E-state index contributed by atoms with van der Waals surface area (Å²) in [5.74, 6) is 0.832. The van der Waals surface area contributed by atoms with E-state index < -0.39 is 0 Å². The highest BCUT2D eigenvalue weighted by molar-refractivity contribution is 5.85. The highest BCUT2D eigenvalue weighted by Gasteiger charge is 2.11. The van der Waals surface area contributed by atoms with Crippen LogP contribution in [0.1, 0.15) is 31.2 Å². The second-order valence-electron chi connectivity index (χ2n) is 5.93. The summed E-state index contributed by atoms with van der Waals surface area (Å²) < 4.78 is 5.59. The largest absolute Gasteiger partial charge is 0.464 e. The van der Waals surface area contributed by atoms with E-state index in [9.17, 15) is 0 Å². The molecule has 3 rings (SSSR count). The molecule has 1 aromatic carbocycles. The summed E-state index contributed by atoms with van der Waals surface area (Å²) in [4.78, 5) is 2.34. The average molecular weight is 306 g/mol. The van der Waals surface area contributed by atoms with Crippen LogP contribution < -0.4 is 0 Å². The van der Waals surface area contributed by atoms with Gasteiger partial charge in [-0.2, -0.15) is 0 Å². The number of allylic oxidation sites excluding steroid dienone is 1. The number of halogens is 1. The van der Waals surface area contributed by atoms with Crippen LogP contribution >= 0.6 is 12.4 Å². The fraction of sp³-hybridized carbons (Fsp3) is 0.444. The monoisotopic (exact) mass is 305 g/mol. The van der Waals surface area contributed by atoms with Crippen LogP contribution in [0.3, 0.4) is 0 Å². The summed E-state index contributed by atoms with van der Waals surface area (Å²) in [6.07, 6.45) is 12.2. The minimum atomic E-state index is 0. The lowest BCUT2D eigenvalue weighted by Crippen LogP contribution is -2.17. The van der Waals surface area contributed by atoms with E-state index in [-0.39, 0.29) is 12.4 Å². The van der Waals surface area contributed by atoms with E-state index in [1.807, 2.05) is 18.4 Å². The maximum absolute atomic E-state index is 5.59. The summed E-state index contributed by atoms with van der Waals surface area (Å²) in [6, 6.07) is 8.25. The molecular weight excluding hydrogens is 282 g/mol. The van der Waals surface area contributed by atoms with Crippen molar-refractivity contribution in [3.8, 4) is 0 Å². The predicted molar refractivity (Wildman–Crippen MR) is 90.9 cm³/mol. The van der Waals surface area contributed by atoms with E-state index in [1.54, 1.807) is 0 Å². The molecule has 0 aliphatic heterocycles. The minimum absolute atomic E-state index is 0. The number of para-hydroxylation sites is 1. The van der Waals surface area contributed by atoms with Crippen LogP contribution in [0.5, 0.6) is 0 Å². The molecule has 0 unspecified atom stereocenters. The molecule has 1 heterocycles. The van der Waals surface area contributed by atoms with E-state index in [1.165, 1.54) is 36.6 Å². The molecule has 0 spiro atoms. The van der Waals surface area contributed by atoms with Gasteiger partial charge in [-0.25, -0.2) is 0 Å². The van der Waals surface area contributed by atoms with Gasteiger partial charge in [-0.3, -0.25) is 4.90 Å². The normalized spacial score (nSPS) is 16.1. The molecule has 0 amide bonds. The van der Waals surface area contributed by atoms with Crippen LogP contribution in [-0.4, -0.2) is 18.5 Å². The van der Waals surface area contributed by atoms with Gasteiger partial charge in [0.2, 0.25) is 0 Å². The molecule has 21 heavy (non-hydrogen) atoms. The highest BCUT2D eigenvalue weighted by atomic mass is 35.5. The molecule has 1 aliphatic rings. The van der Waals surface area contributed by atoms with Crippen LogP contribution in [0.4, 0.5) is 0 Å². The fourth-order valence-electron chi connectivity index (χ4n) is 3.09. The molecule has 0 atom stereocenters. The first-order valence-electron chi connectivity index (χ1n) is 7.63. The first-order chi connectivity index (χ1) is 9.83. The second kappa shape index (κ2) is 7.67. The Kier molecular flexibility index (Phi) is 5.89. The van der Waals surface area contributed by atoms with Crippen LogP contribution in [0.25, 0.3) is 11.0 Å². The zero-order chi connectivity index (χ0) is 13.8. The van der Waals surface area contributed by atoms with Crippen molar-refractivity contribution >= 4 is 23.4 Å². The zero-order valence-corrected chi connectivity index (χ0v) is 13.4. The van der Waals surface area contributed by atoms with Crippen molar-refractivity contribution in [1.29, 1.82) is 0 Å². The van der Waals surface area contributed by atoms with Crippen molar-refractivity contribution < 1.29 is 4.42 Å². The Morgan fingerprint density at radius 3 is 2.81 bits per heavy atom. The van der Waals surface area contributed by atoms with E-state index in [2.05, 4.69) is 36.2 Å². The minimum Gasteiger partial charge on any atom is -0.464 e. The standard InChI is InChI=1S/C18H23NO.ClH/c1-19(12-6-9-15-7-2-3-8-15)13-16-14-20-18-11-5-4-10-17(16)18;/h4-6,9-11,14-15H,2-3,7-8,12-13H2,1H3;1H/b9-6+;. The molecule has 2 nitrogen and oxygen atoms in total. The van der Waals surface area contributed by atoms with E-state index >= 15 is 0 Å². The van der Waals surface area contributed by atoms with Gasteiger partial charge in [0.05, 0.1) is 6.26 Å². The third kappa shape index (κ3) is 4.12. The molecule has 114 valence electrons. The molecule has 0 saturated heterocycles. The van der Waals surface area contributed by atoms with E-state index in [4.69, 9.17) is 4.42 Å². The Morgan fingerprint density at radius 1 is 1.24 bits per heavy atom. The SMILES string of the molecule is CN(C/C=C/C1CCCC1)Cc1coc2ccccc12.Cl. The summed E-state index contributed by atoms with van der Waals surface area (Å²) in [7, 11) is 2.17. The summed E-state index contributed by atoms with van der Waals surface area (Å²) in [5.41, 5.74) is 2.26. The number of benzene rings is 1. The van der Waals surface area contributed by atoms with Gasteiger partial charge in [0.25, 0.3) is 0 Å². The van der Waals surface area contributed by atoms with Crippen LogP contribution in [0.15, 0.2) is 47.1 Å². The number of fused-ring (bicyclic) bond motifs is 1. The molecule has 1 saturated carbocycles. The van der Waals surface area contributed by atoms with Gasteiger partial charge in [0, 0.05) is 24.0 Å². The lowest BCUT2D eigenvalue weighted by atomic mass is 10.1. The summed E-state index contributed by atoms with van der Waals surface area (Å²) >= 11 is 0. The van der Waals surface area contributed by atoms with Crippen molar-refractivity contribution in [3.63, 3.8) is 0 Å². The third-order valence-corrected chi connectivity index (χ3v) is 4.23. The van der Waals surface area contributed by atoms with Crippen molar-refractivity contribution in [2.24, 2.45) is 5.92 Å². The molecular formula is C18H24ClNO. The third-order valence-electron chi connectivity index (χ3n) is 4.23. The number of rotatable bonds is 5. The first kappa shape index (κ1) is 16.1. The Labute approximate surface area is 133 Å². The Morgan fingerprint density at radius 2 is 2.00 bits per heavy atom. The van der Waals surface area contributed by atoms with Gasteiger partial charge in [-0.05, 0) is 31.9 Å². The van der Waals surface area contributed by atoms with Gasteiger partial charge in [-0.15, -0.1) is 12.4 Å². The number of hydrogen-bond acceptors (Lipinski definition) is 2. The van der Waals surface area contributed by atoms with Gasteiger partial charge >= 0.3 is 0 Å². The Hall–Kier alpha value is -1.25. The van der Waals surface area contributed by atoms with Gasteiger partial charge in [-0.1, -0.05) is 43.2 Å². The van der Waals surface area contributed by atoms with E-state index in [0.717, 1.165) is 24.6 Å². The lowest BCUT2D eigenvalue weighted by molar-refractivity contribution is 0.362. The maximum atomic E-state index is 5.59.